The van der Waals surface area contributed by atoms with Gasteiger partial charge in [-0.15, -0.1) is 0 Å². The van der Waals surface area contributed by atoms with E-state index in [1.54, 1.807) is 19.1 Å². The van der Waals surface area contributed by atoms with E-state index < -0.39 is 0 Å². The molecule has 160 valence electrons. The second kappa shape index (κ2) is 8.68. The molecule has 1 atom stereocenters. The van der Waals surface area contributed by atoms with Crippen molar-refractivity contribution in [3.05, 3.63) is 60.2 Å². The highest BCUT2D eigenvalue weighted by Crippen LogP contribution is 2.35. The summed E-state index contributed by atoms with van der Waals surface area (Å²) in [5.41, 5.74) is 8.06. The number of carbonyl (C=O) groups is 2. The molecule has 1 saturated heterocycles. The van der Waals surface area contributed by atoms with Crippen LogP contribution in [-0.2, 0) is 4.79 Å². The maximum Gasteiger partial charge on any atom is 0.253 e. The topological polar surface area (TPSA) is 81.9 Å². The van der Waals surface area contributed by atoms with Crippen LogP contribution in [0.15, 0.2) is 54.6 Å². The molecule has 0 radical (unpaired) electrons. The molecule has 1 aliphatic rings. The van der Waals surface area contributed by atoms with Crippen LogP contribution in [0.4, 0.5) is 0 Å². The van der Waals surface area contributed by atoms with Crippen molar-refractivity contribution in [2.24, 2.45) is 11.7 Å². The Morgan fingerprint density at radius 2 is 1.74 bits per heavy atom. The number of rotatable bonds is 5. The Morgan fingerprint density at radius 3 is 2.48 bits per heavy atom. The van der Waals surface area contributed by atoms with Gasteiger partial charge in [-0.25, -0.2) is 0 Å². The zero-order chi connectivity index (χ0) is 22.0. The molecule has 6 heteroatoms. The van der Waals surface area contributed by atoms with Gasteiger partial charge in [0.05, 0.1) is 20.1 Å². The van der Waals surface area contributed by atoms with Gasteiger partial charge in [-0.2, -0.15) is 0 Å². The number of fused-ring (bicyclic) bond motifs is 1. The van der Waals surface area contributed by atoms with Gasteiger partial charge in [-0.1, -0.05) is 18.2 Å². The quantitative estimate of drug-likeness (QED) is 0.682. The lowest BCUT2D eigenvalue weighted by Crippen LogP contribution is -2.44. The summed E-state index contributed by atoms with van der Waals surface area (Å²) in [4.78, 5) is 26.3. The van der Waals surface area contributed by atoms with Gasteiger partial charge in [0, 0.05) is 30.3 Å². The zero-order valence-electron chi connectivity index (χ0n) is 17.8. The van der Waals surface area contributed by atoms with Gasteiger partial charge in [0.25, 0.3) is 5.91 Å². The van der Waals surface area contributed by atoms with Crippen molar-refractivity contribution in [3.63, 3.8) is 0 Å². The van der Waals surface area contributed by atoms with Crippen molar-refractivity contribution in [3.8, 4) is 22.6 Å². The molecular weight excluding hydrogens is 392 g/mol. The molecule has 2 N–H and O–H groups in total. The first-order valence-corrected chi connectivity index (χ1v) is 10.3. The van der Waals surface area contributed by atoms with E-state index in [1.807, 2.05) is 48.5 Å². The second-order valence-corrected chi connectivity index (χ2v) is 7.84. The van der Waals surface area contributed by atoms with E-state index in [0.29, 0.717) is 18.7 Å². The van der Waals surface area contributed by atoms with Gasteiger partial charge in [0.15, 0.2) is 0 Å². The first kappa shape index (κ1) is 20.7. The molecule has 0 bridgehead atoms. The van der Waals surface area contributed by atoms with Crippen LogP contribution < -0.4 is 15.2 Å². The maximum absolute atomic E-state index is 13.0. The second-order valence-electron chi connectivity index (χ2n) is 7.84. The van der Waals surface area contributed by atoms with Gasteiger partial charge >= 0.3 is 0 Å². The molecule has 1 fully saturated rings. The van der Waals surface area contributed by atoms with Crippen LogP contribution in [0.5, 0.6) is 11.5 Å². The first-order valence-electron chi connectivity index (χ1n) is 10.3. The Bertz CT molecular complexity index is 1140. The highest BCUT2D eigenvalue weighted by Gasteiger charge is 2.27. The van der Waals surface area contributed by atoms with Crippen molar-refractivity contribution in [1.29, 1.82) is 0 Å². The van der Waals surface area contributed by atoms with Gasteiger partial charge in [0.1, 0.15) is 11.5 Å². The van der Waals surface area contributed by atoms with Crippen molar-refractivity contribution in [1.82, 2.24) is 4.90 Å². The van der Waals surface area contributed by atoms with Crippen molar-refractivity contribution >= 4 is 22.6 Å². The first-order chi connectivity index (χ1) is 15.0. The van der Waals surface area contributed by atoms with E-state index in [-0.39, 0.29) is 17.7 Å². The fourth-order valence-electron chi connectivity index (χ4n) is 4.16. The van der Waals surface area contributed by atoms with Crippen LogP contribution >= 0.6 is 0 Å². The summed E-state index contributed by atoms with van der Waals surface area (Å²) in [5.74, 6) is 0.812. The number of hydrogen-bond acceptors (Lipinski definition) is 4. The minimum atomic E-state index is -0.336. The Hall–Kier alpha value is -3.54. The average Bonchev–Trinajstić information content (AvgIpc) is 2.82. The fourth-order valence-corrected chi connectivity index (χ4v) is 4.16. The average molecular weight is 418 g/mol. The van der Waals surface area contributed by atoms with Crippen molar-refractivity contribution in [2.75, 3.05) is 27.3 Å². The lowest BCUT2D eigenvalue weighted by molar-refractivity contribution is -0.123. The number of carbonyl (C=O) groups excluding carboxylic acids is 2. The third-order valence-corrected chi connectivity index (χ3v) is 5.92. The van der Waals surface area contributed by atoms with E-state index in [4.69, 9.17) is 15.2 Å². The molecule has 1 aliphatic heterocycles. The summed E-state index contributed by atoms with van der Waals surface area (Å²) in [6.07, 6.45) is 1.54. The number of methoxy groups -OCH3 is 2. The SMILES string of the molecule is COc1ccc(-c2ccc3cc(C(=O)N4CCCC(C(N)=O)C4)ccc3c2)c(OC)c1. The number of nitrogens with two attached hydrogens (primary N) is 1. The summed E-state index contributed by atoms with van der Waals surface area (Å²) in [6.45, 7) is 1.04. The lowest BCUT2D eigenvalue weighted by Gasteiger charge is -2.31. The van der Waals surface area contributed by atoms with Crippen LogP contribution in [0.25, 0.3) is 21.9 Å². The molecule has 0 spiro atoms. The number of piperidine rings is 1. The number of nitrogens with zero attached hydrogens (tertiary/aromatic N) is 1. The summed E-state index contributed by atoms with van der Waals surface area (Å²) >= 11 is 0. The number of amides is 2. The predicted molar refractivity (Wildman–Crippen MR) is 120 cm³/mol. The minimum Gasteiger partial charge on any atom is -0.497 e. The van der Waals surface area contributed by atoms with Crippen LogP contribution in [0.2, 0.25) is 0 Å². The van der Waals surface area contributed by atoms with Crippen LogP contribution in [0.3, 0.4) is 0 Å². The molecule has 31 heavy (non-hydrogen) atoms. The van der Waals surface area contributed by atoms with Crippen molar-refractivity contribution < 1.29 is 19.1 Å². The van der Waals surface area contributed by atoms with E-state index in [0.717, 1.165) is 46.2 Å². The molecule has 4 rings (SSSR count). The van der Waals surface area contributed by atoms with Gasteiger partial charge in [-0.3, -0.25) is 9.59 Å². The van der Waals surface area contributed by atoms with Gasteiger partial charge in [0.2, 0.25) is 5.91 Å². The summed E-state index contributed by atoms with van der Waals surface area (Å²) in [7, 11) is 3.27. The van der Waals surface area contributed by atoms with E-state index in [1.165, 1.54) is 0 Å². The molecule has 1 unspecified atom stereocenters. The van der Waals surface area contributed by atoms with Gasteiger partial charge < -0.3 is 20.1 Å². The Labute approximate surface area is 181 Å². The number of ether oxygens (including phenoxy) is 2. The number of primary amides is 1. The summed E-state index contributed by atoms with van der Waals surface area (Å²) in [6, 6.07) is 17.5. The monoisotopic (exact) mass is 418 g/mol. The third-order valence-electron chi connectivity index (χ3n) is 5.92. The fraction of sp³-hybridized carbons (Fsp3) is 0.280. The van der Waals surface area contributed by atoms with Crippen molar-refractivity contribution in [2.45, 2.75) is 12.8 Å². The predicted octanol–water partition coefficient (Wildman–Crippen LogP) is 3.86. The highest BCUT2D eigenvalue weighted by molar-refractivity contribution is 5.99. The standard InChI is InChI=1S/C25H26N2O4/c1-30-21-9-10-22(23(14-21)31-2)18-7-5-17-13-19(8-6-16(17)12-18)25(29)27-11-3-4-20(15-27)24(26)28/h5-10,12-14,20H,3-4,11,15H2,1-2H3,(H2,26,28). The van der Waals surface area contributed by atoms with E-state index in [9.17, 15) is 9.59 Å². The zero-order valence-corrected chi connectivity index (χ0v) is 17.8. The number of likely N-dealkylation sites (tertiary alicyclic amines) is 1. The molecule has 6 nitrogen and oxygen atoms in total. The third kappa shape index (κ3) is 4.19. The Balaban J connectivity index is 1.62. The molecule has 0 saturated carbocycles. The molecule has 3 aromatic rings. The maximum atomic E-state index is 13.0. The van der Waals surface area contributed by atoms with Crippen LogP contribution in [0.1, 0.15) is 23.2 Å². The molecule has 1 heterocycles. The van der Waals surface area contributed by atoms with E-state index >= 15 is 0 Å². The molecule has 0 aromatic heterocycles. The lowest BCUT2D eigenvalue weighted by atomic mass is 9.96. The normalized spacial score (nSPS) is 16.2. The summed E-state index contributed by atoms with van der Waals surface area (Å²) < 4.78 is 10.8. The molecule has 3 aromatic carbocycles. The number of hydrogen-bond donors (Lipinski definition) is 1. The van der Waals surface area contributed by atoms with Crippen LogP contribution in [0, 0.1) is 5.92 Å². The molecule has 2 amide bonds. The summed E-state index contributed by atoms with van der Waals surface area (Å²) in [5, 5.41) is 2.01. The molecular formula is C25H26N2O4. The largest absolute Gasteiger partial charge is 0.497 e. The Kier molecular flexibility index (Phi) is 5.80. The Morgan fingerprint density at radius 1 is 0.968 bits per heavy atom. The smallest absolute Gasteiger partial charge is 0.253 e. The minimum absolute atomic E-state index is 0.0613. The van der Waals surface area contributed by atoms with E-state index in [2.05, 4.69) is 6.07 Å². The molecule has 0 aliphatic carbocycles. The van der Waals surface area contributed by atoms with Gasteiger partial charge in [-0.05, 0) is 59.5 Å². The van der Waals surface area contributed by atoms with Crippen LogP contribution in [-0.4, -0.2) is 44.0 Å². The number of benzene rings is 3. The highest BCUT2D eigenvalue weighted by atomic mass is 16.5.